The van der Waals surface area contributed by atoms with Gasteiger partial charge in [0.1, 0.15) is 11.6 Å². The SMILES string of the molecule is Cc1ccc(C(=O)N2CCN(CC(=O)N(C)Cc3c(F)cccc3Cl)CC2)cc1F. The molecule has 1 aliphatic heterocycles. The van der Waals surface area contributed by atoms with Crippen molar-refractivity contribution >= 4 is 23.4 Å². The Labute approximate surface area is 179 Å². The predicted octanol–water partition coefficient (Wildman–Crippen LogP) is 3.34. The highest BCUT2D eigenvalue weighted by molar-refractivity contribution is 6.31. The number of likely N-dealkylation sites (N-methyl/N-ethyl adjacent to an activating group) is 1. The molecular weight excluding hydrogens is 412 g/mol. The van der Waals surface area contributed by atoms with Crippen LogP contribution in [0.3, 0.4) is 0 Å². The molecule has 0 spiro atoms. The molecule has 0 N–H and O–H groups in total. The average Bonchev–Trinajstić information content (AvgIpc) is 2.72. The zero-order valence-corrected chi connectivity index (χ0v) is 17.8. The number of benzene rings is 2. The Morgan fingerprint density at radius 1 is 1.07 bits per heavy atom. The van der Waals surface area contributed by atoms with Crippen molar-refractivity contribution in [3.05, 3.63) is 69.7 Å². The van der Waals surface area contributed by atoms with Gasteiger partial charge in [0.15, 0.2) is 0 Å². The second-order valence-electron chi connectivity index (χ2n) is 7.48. The Balaban J connectivity index is 1.52. The first-order valence-corrected chi connectivity index (χ1v) is 10.1. The van der Waals surface area contributed by atoms with Gasteiger partial charge in [0.05, 0.1) is 6.54 Å². The first kappa shape index (κ1) is 22.2. The van der Waals surface area contributed by atoms with E-state index < -0.39 is 11.6 Å². The van der Waals surface area contributed by atoms with Gasteiger partial charge in [-0.1, -0.05) is 23.7 Å². The number of hydrogen-bond donors (Lipinski definition) is 0. The summed E-state index contributed by atoms with van der Waals surface area (Å²) in [6.07, 6.45) is 0. The Morgan fingerprint density at radius 2 is 1.77 bits per heavy atom. The van der Waals surface area contributed by atoms with Crippen LogP contribution in [0.1, 0.15) is 21.5 Å². The summed E-state index contributed by atoms with van der Waals surface area (Å²) in [5.41, 5.74) is 1.11. The number of rotatable bonds is 5. The molecule has 0 atom stereocenters. The largest absolute Gasteiger partial charge is 0.340 e. The third-order valence-electron chi connectivity index (χ3n) is 5.32. The highest BCUT2D eigenvalue weighted by atomic mass is 35.5. The Hall–Kier alpha value is -2.51. The number of amides is 2. The molecule has 5 nitrogen and oxygen atoms in total. The molecule has 3 rings (SSSR count). The standard InChI is InChI=1S/C22H24ClF2N3O2/c1-15-6-7-16(12-20(15)25)22(30)28-10-8-27(9-11-28)14-21(29)26(2)13-17-18(23)4-3-5-19(17)24/h3-7,12H,8-11,13-14H2,1-2H3. The molecule has 30 heavy (non-hydrogen) atoms. The fraction of sp³-hybridized carbons (Fsp3) is 0.364. The van der Waals surface area contributed by atoms with Gasteiger partial charge >= 0.3 is 0 Å². The number of aryl methyl sites for hydroxylation is 1. The summed E-state index contributed by atoms with van der Waals surface area (Å²) >= 11 is 6.04. The van der Waals surface area contributed by atoms with Crippen LogP contribution in [-0.4, -0.2) is 66.3 Å². The molecule has 0 unspecified atom stereocenters. The molecule has 0 aromatic heterocycles. The van der Waals surface area contributed by atoms with Crippen molar-refractivity contribution in [2.24, 2.45) is 0 Å². The number of piperazine rings is 1. The number of carbonyl (C=O) groups excluding carboxylic acids is 2. The number of nitrogens with zero attached hydrogens (tertiary/aromatic N) is 3. The number of carbonyl (C=O) groups is 2. The number of hydrogen-bond acceptors (Lipinski definition) is 3. The van der Waals surface area contributed by atoms with E-state index in [1.165, 1.54) is 23.1 Å². The van der Waals surface area contributed by atoms with Crippen LogP contribution in [-0.2, 0) is 11.3 Å². The Bertz CT molecular complexity index is 926. The summed E-state index contributed by atoms with van der Waals surface area (Å²) in [6.45, 7) is 3.86. The van der Waals surface area contributed by atoms with Crippen LogP contribution in [0.5, 0.6) is 0 Å². The lowest BCUT2D eigenvalue weighted by Crippen LogP contribution is -2.51. The zero-order chi connectivity index (χ0) is 21.8. The monoisotopic (exact) mass is 435 g/mol. The summed E-state index contributed by atoms with van der Waals surface area (Å²) in [5, 5.41) is 0.286. The van der Waals surface area contributed by atoms with Gasteiger partial charge in [-0.2, -0.15) is 0 Å². The highest BCUT2D eigenvalue weighted by Gasteiger charge is 2.25. The van der Waals surface area contributed by atoms with E-state index in [0.717, 1.165) is 0 Å². The van der Waals surface area contributed by atoms with Gasteiger partial charge in [0.25, 0.3) is 5.91 Å². The zero-order valence-electron chi connectivity index (χ0n) is 17.0. The van der Waals surface area contributed by atoms with Crippen LogP contribution < -0.4 is 0 Å². The molecule has 1 heterocycles. The maximum atomic E-state index is 13.9. The lowest BCUT2D eigenvalue weighted by atomic mass is 10.1. The van der Waals surface area contributed by atoms with Crippen molar-refractivity contribution < 1.29 is 18.4 Å². The van der Waals surface area contributed by atoms with E-state index in [1.54, 1.807) is 37.1 Å². The molecule has 0 saturated carbocycles. The average molecular weight is 436 g/mol. The number of halogens is 3. The first-order chi connectivity index (χ1) is 14.3. The maximum Gasteiger partial charge on any atom is 0.254 e. The third kappa shape index (κ3) is 5.15. The van der Waals surface area contributed by atoms with Gasteiger partial charge in [-0.05, 0) is 36.8 Å². The molecule has 2 aromatic rings. The van der Waals surface area contributed by atoms with E-state index in [-0.39, 0.29) is 35.5 Å². The van der Waals surface area contributed by atoms with Gasteiger partial charge in [-0.15, -0.1) is 0 Å². The van der Waals surface area contributed by atoms with Gasteiger partial charge in [0.2, 0.25) is 5.91 Å². The van der Waals surface area contributed by atoms with Crippen LogP contribution in [0, 0.1) is 18.6 Å². The van der Waals surface area contributed by atoms with Crippen LogP contribution in [0.25, 0.3) is 0 Å². The minimum atomic E-state index is -0.443. The van der Waals surface area contributed by atoms with E-state index >= 15 is 0 Å². The fourth-order valence-electron chi connectivity index (χ4n) is 3.34. The molecule has 8 heteroatoms. The fourth-order valence-corrected chi connectivity index (χ4v) is 3.56. The van der Waals surface area contributed by atoms with Crippen molar-refractivity contribution in [1.29, 1.82) is 0 Å². The second-order valence-corrected chi connectivity index (χ2v) is 7.89. The third-order valence-corrected chi connectivity index (χ3v) is 5.67. The molecule has 160 valence electrons. The van der Waals surface area contributed by atoms with Crippen LogP contribution in [0.4, 0.5) is 8.78 Å². The summed E-state index contributed by atoms with van der Waals surface area (Å²) in [5.74, 6) is -1.22. The molecule has 2 amide bonds. The lowest BCUT2D eigenvalue weighted by molar-refractivity contribution is -0.132. The highest BCUT2D eigenvalue weighted by Crippen LogP contribution is 2.20. The maximum absolute atomic E-state index is 13.9. The molecule has 0 aliphatic carbocycles. The van der Waals surface area contributed by atoms with Gasteiger partial charge in [0, 0.05) is 55.9 Å². The summed E-state index contributed by atoms with van der Waals surface area (Å²) in [6, 6.07) is 8.91. The van der Waals surface area contributed by atoms with Crippen LogP contribution >= 0.6 is 11.6 Å². The van der Waals surface area contributed by atoms with E-state index in [2.05, 4.69) is 0 Å². The smallest absolute Gasteiger partial charge is 0.254 e. The van der Waals surface area contributed by atoms with Crippen LogP contribution in [0.2, 0.25) is 5.02 Å². The topological polar surface area (TPSA) is 43.9 Å². The van der Waals surface area contributed by atoms with Crippen molar-refractivity contribution in [3.63, 3.8) is 0 Å². The quantitative estimate of drug-likeness (QED) is 0.723. The lowest BCUT2D eigenvalue weighted by Gasteiger charge is -2.35. The molecular formula is C22H24ClF2N3O2. The van der Waals surface area contributed by atoms with E-state index in [0.29, 0.717) is 37.3 Å². The Kier molecular flexibility index (Phi) is 7.05. The first-order valence-electron chi connectivity index (χ1n) is 9.71. The molecule has 1 saturated heterocycles. The molecule has 0 radical (unpaired) electrons. The summed E-state index contributed by atoms with van der Waals surface area (Å²) in [7, 11) is 1.61. The van der Waals surface area contributed by atoms with Crippen molar-refractivity contribution in [1.82, 2.24) is 14.7 Å². The van der Waals surface area contributed by atoms with E-state index in [9.17, 15) is 18.4 Å². The molecule has 0 bridgehead atoms. The minimum absolute atomic E-state index is 0.0851. The second kappa shape index (κ2) is 9.53. The van der Waals surface area contributed by atoms with Gasteiger partial charge in [-0.3, -0.25) is 14.5 Å². The van der Waals surface area contributed by atoms with Crippen molar-refractivity contribution in [3.8, 4) is 0 Å². The summed E-state index contributed by atoms with van der Waals surface area (Å²) < 4.78 is 27.7. The van der Waals surface area contributed by atoms with Gasteiger partial charge in [-0.25, -0.2) is 8.78 Å². The summed E-state index contributed by atoms with van der Waals surface area (Å²) in [4.78, 5) is 30.2. The van der Waals surface area contributed by atoms with Crippen LogP contribution in [0.15, 0.2) is 36.4 Å². The molecule has 2 aromatic carbocycles. The normalized spacial score (nSPS) is 14.6. The molecule has 1 fully saturated rings. The predicted molar refractivity (Wildman–Crippen MR) is 111 cm³/mol. The van der Waals surface area contributed by atoms with E-state index in [4.69, 9.17) is 11.6 Å². The van der Waals surface area contributed by atoms with E-state index in [1.807, 2.05) is 4.90 Å². The van der Waals surface area contributed by atoms with Crippen molar-refractivity contribution in [2.75, 3.05) is 39.8 Å². The van der Waals surface area contributed by atoms with Crippen molar-refractivity contribution in [2.45, 2.75) is 13.5 Å². The van der Waals surface area contributed by atoms with Gasteiger partial charge < -0.3 is 9.80 Å². The minimum Gasteiger partial charge on any atom is -0.340 e. The molecule has 1 aliphatic rings. The Morgan fingerprint density at radius 3 is 2.40 bits per heavy atom.